The number of amides is 1. The van der Waals surface area contributed by atoms with Crippen molar-refractivity contribution in [2.75, 3.05) is 19.7 Å². The second-order valence-corrected chi connectivity index (χ2v) is 7.16. The van der Waals surface area contributed by atoms with Crippen molar-refractivity contribution in [3.05, 3.63) is 34.9 Å². The lowest BCUT2D eigenvalue weighted by molar-refractivity contribution is -0.135. The smallest absolute Gasteiger partial charge is 0.225 e. The summed E-state index contributed by atoms with van der Waals surface area (Å²) in [6.45, 7) is 1.97. The van der Waals surface area contributed by atoms with Crippen LogP contribution in [0, 0.1) is 11.8 Å². The molecule has 1 saturated carbocycles. The summed E-state index contributed by atoms with van der Waals surface area (Å²) >= 11 is 5.94. The predicted octanol–water partition coefficient (Wildman–Crippen LogP) is 3.45. The Kier molecular flexibility index (Phi) is 5.04. The van der Waals surface area contributed by atoms with Gasteiger partial charge >= 0.3 is 0 Å². The van der Waals surface area contributed by atoms with Crippen LogP contribution in [-0.4, -0.2) is 35.6 Å². The number of likely N-dealkylation sites (tertiary alicyclic amines) is 1. The maximum absolute atomic E-state index is 12.7. The van der Waals surface area contributed by atoms with Crippen LogP contribution in [0.25, 0.3) is 0 Å². The van der Waals surface area contributed by atoms with Crippen LogP contribution in [0.4, 0.5) is 0 Å². The van der Waals surface area contributed by atoms with Crippen LogP contribution in [0.1, 0.15) is 43.6 Å². The number of carbonyl (C=O) groups is 1. The highest BCUT2D eigenvalue weighted by molar-refractivity contribution is 6.30. The molecule has 22 heavy (non-hydrogen) atoms. The van der Waals surface area contributed by atoms with Crippen LogP contribution in [0.3, 0.4) is 0 Å². The number of hydrogen-bond donors (Lipinski definition) is 1. The SMILES string of the molecule is O=C(C1CCC(CO)CC1)N1CCC(c2ccc(Cl)cc2)C1. The van der Waals surface area contributed by atoms with Gasteiger partial charge in [0.1, 0.15) is 0 Å². The molecule has 1 heterocycles. The second kappa shape index (κ2) is 7.01. The van der Waals surface area contributed by atoms with E-state index in [0.29, 0.717) is 17.7 Å². The number of nitrogens with zero attached hydrogens (tertiary/aromatic N) is 1. The normalized spacial score (nSPS) is 28.8. The van der Waals surface area contributed by atoms with Crippen LogP contribution in [-0.2, 0) is 4.79 Å². The number of hydrogen-bond acceptors (Lipinski definition) is 2. The summed E-state index contributed by atoms with van der Waals surface area (Å²) in [5.74, 6) is 1.35. The fourth-order valence-corrected chi connectivity index (χ4v) is 3.94. The Hall–Kier alpha value is -1.06. The van der Waals surface area contributed by atoms with Crippen LogP contribution in [0.15, 0.2) is 24.3 Å². The molecular formula is C18H24ClNO2. The molecule has 4 heteroatoms. The molecule has 120 valence electrons. The highest BCUT2D eigenvalue weighted by Gasteiger charge is 2.33. The van der Waals surface area contributed by atoms with Crippen molar-refractivity contribution in [3.63, 3.8) is 0 Å². The van der Waals surface area contributed by atoms with Crippen molar-refractivity contribution in [2.24, 2.45) is 11.8 Å². The maximum atomic E-state index is 12.7. The third kappa shape index (κ3) is 3.47. The summed E-state index contributed by atoms with van der Waals surface area (Å²) in [7, 11) is 0. The predicted molar refractivity (Wildman–Crippen MR) is 87.9 cm³/mol. The molecule has 3 nitrogen and oxygen atoms in total. The lowest BCUT2D eigenvalue weighted by Crippen LogP contribution is -2.36. The van der Waals surface area contributed by atoms with E-state index < -0.39 is 0 Å². The van der Waals surface area contributed by atoms with Gasteiger partial charge in [0, 0.05) is 36.6 Å². The van der Waals surface area contributed by atoms with Gasteiger partial charge < -0.3 is 10.0 Å². The molecule has 1 aliphatic carbocycles. The van der Waals surface area contributed by atoms with Crippen molar-refractivity contribution in [1.29, 1.82) is 0 Å². The lowest BCUT2D eigenvalue weighted by Gasteiger charge is -2.29. The molecular weight excluding hydrogens is 298 g/mol. The van der Waals surface area contributed by atoms with E-state index in [1.54, 1.807) is 0 Å². The Labute approximate surface area is 137 Å². The lowest BCUT2D eigenvalue weighted by atomic mass is 9.82. The molecule has 1 amide bonds. The molecule has 0 aromatic heterocycles. The summed E-state index contributed by atoms with van der Waals surface area (Å²) in [6, 6.07) is 8.01. The van der Waals surface area contributed by atoms with Gasteiger partial charge in [-0.3, -0.25) is 4.79 Å². The first-order chi connectivity index (χ1) is 10.7. The van der Waals surface area contributed by atoms with Crippen molar-refractivity contribution < 1.29 is 9.90 Å². The molecule has 1 unspecified atom stereocenters. The minimum absolute atomic E-state index is 0.173. The van der Waals surface area contributed by atoms with Gasteiger partial charge in [0.15, 0.2) is 0 Å². The van der Waals surface area contributed by atoms with Crippen LogP contribution in [0.2, 0.25) is 5.02 Å². The third-order valence-corrected chi connectivity index (χ3v) is 5.55. The number of aliphatic hydroxyl groups is 1. The van der Waals surface area contributed by atoms with Gasteiger partial charge in [-0.2, -0.15) is 0 Å². The summed E-state index contributed by atoms with van der Waals surface area (Å²) in [5, 5.41) is 9.96. The van der Waals surface area contributed by atoms with E-state index in [2.05, 4.69) is 12.1 Å². The third-order valence-electron chi connectivity index (χ3n) is 5.30. The van der Waals surface area contributed by atoms with E-state index in [1.807, 2.05) is 17.0 Å². The molecule has 3 rings (SSSR count). The minimum atomic E-state index is 0.173. The first-order valence-corrected chi connectivity index (χ1v) is 8.70. The number of halogens is 1. The summed E-state index contributed by atoms with van der Waals surface area (Å²) in [4.78, 5) is 14.7. The van der Waals surface area contributed by atoms with Gasteiger partial charge in [0.05, 0.1) is 0 Å². The largest absolute Gasteiger partial charge is 0.396 e. The van der Waals surface area contributed by atoms with Crippen LogP contribution in [0.5, 0.6) is 0 Å². The van der Waals surface area contributed by atoms with Crippen LogP contribution < -0.4 is 0 Å². The van der Waals surface area contributed by atoms with Crippen molar-refractivity contribution >= 4 is 17.5 Å². The van der Waals surface area contributed by atoms with E-state index in [0.717, 1.165) is 50.2 Å². The van der Waals surface area contributed by atoms with Crippen molar-refractivity contribution in [3.8, 4) is 0 Å². The average molecular weight is 322 g/mol. The molecule has 1 saturated heterocycles. The first-order valence-electron chi connectivity index (χ1n) is 8.32. The van der Waals surface area contributed by atoms with E-state index >= 15 is 0 Å². The number of benzene rings is 1. The van der Waals surface area contributed by atoms with Gasteiger partial charge in [-0.1, -0.05) is 23.7 Å². The van der Waals surface area contributed by atoms with Gasteiger partial charge in [-0.25, -0.2) is 0 Å². The Morgan fingerprint density at radius 2 is 1.82 bits per heavy atom. The minimum Gasteiger partial charge on any atom is -0.396 e. The fraction of sp³-hybridized carbons (Fsp3) is 0.611. The van der Waals surface area contributed by atoms with Crippen LogP contribution >= 0.6 is 11.6 Å². The van der Waals surface area contributed by atoms with Crippen molar-refractivity contribution in [2.45, 2.75) is 38.0 Å². The Morgan fingerprint density at radius 1 is 1.14 bits per heavy atom. The van der Waals surface area contributed by atoms with E-state index in [-0.39, 0.29) is 12.5 Å². The molecule has 2 fully saturated rings. The highest BCUT2D eigenvalue weighted by atomic mass is 35.5. The fourth-order valence-electron chi connectivity index (χ4n) is 3.82. The highest BCUT2D eigenvalue weighted by Crippen LogP contribution is 2.33. The average Bonchev–Trinajstić information content (AvgIpc) is 3.05. The second-order valence-electron chi connectivity index (χ2n) is 6.72. The monoisotopic (exact) mass is 321 g/mol. The van der Waals surface area contributed by atoms with Gasteiger partial charge in [-0.15, -0.1) is 0 Å². The summed E-state index contributed by atoms with van der Waals surface area (Å²) < 4.78 is 0. The zero-order chi connectivity index (χ0) is 15.5. The van der Waals surface area contributed by atoms with Gasteiger partial charge in [-0.05, 0) is 55.7 Å². The topological polar surface area (TPSA) is 40.5 Å². The summed E-state index contributed by atoms with van der Waals surface area (Å²) in [5.41, 5.74) is 1.28. The zero-order valence-electron chi connectivity index (χ0n) is 12.9. The molecule has 2 aliphatic rings. The quantitative estimate of drug-likeness (QED) is 0.926. The number of rotatable bonds is 3. The van der Waals surface area contributed by atoms with Crippen molar-refractivity contribution in [1.82, 2.24) is 4.90 Å². The zero-order valence-corrected chi connectivity index (χ0v) is 13.6. The molecule has 0 bridgehead atoms. The molecule has 0 spiro atoms. The van der Waals surface area contributed by atoms with E-state index in [1.165, 1.54) is 5.56 Å². The first kappa shape index (κ1) is 15.8. The summed E-state index contributed by atoms with van der Waals surface area (Å²) in [6.07, 6.45) is 4.89. The van der Waals surface area contributed by atoms with Gasteiger partial charge in [0.2, 0.25) is 5.91 Å². The molecule has 0 radical (unpaired) electrons. The molecule has 1 atom stereocenters. The Morgan fingerprint density at radius 3 is 2.45 bits per heavy atom. The molecule has 1 aromatic rings. The Bertz CT molecular complexity index is 508. The van der Waals surface area contributed by atoms with E-state index in [4.69, 9.17) is 11.6 Å². The number of carbonyl (C=O) groups excluding carboxylic acids is 1. The molecule has 1 N–H and O–H groups in total. The Balaban J connectivity index is 1.56. The maximum Gasteiger partial charge on any atom is 0.225 e. The number of aliphatic hydroxyl groups excluding tert-OH is 1. The van der Waals surface area contributed by atoms with E-state index in [9.17, 15) is 9.90 Å². The van der Waals surface area contributed by atoms with Gasteiger partial charge in [0.25, 0.3) is 0 Å². The molecule has 1 aliphatic heterocycles. The molecule has 1 aromatic carbocycles. The standard InChI is InChI=1S/C18H24ClNO2/c19-17-7-5-14(6-8-17)16-9-10-20(11-16)18(22)15-3-1-13(12-21)2-4-15/h5-8,13,15-16,21H,1-4,9-12H2.